The maximum atomic E-state index is 12.4. The van der Waals surface area contributed by atoms with E-state index < -0.39 is 0 Å². The molecule has 2 rings (SSSR count). The lowest BCUT2D eigenvalue weighted by Gasteiger charge is -2.17. The zero-order chi connectivity index (χ0) is 14.9. The quantitative estimate of drug-likeness (QED) is 0.882. The number of anilines is 1. The summed E-state index contributed by atoms with van der Waals surface area (Å²) < 4.78 is 5.39. The Morgan fingerprint density at radius 3 is 2.30 bits per heavy atom. The van der Waals surface area contributed by atoms with E-state index in [-0.39, 0.29) is 5.91 Å². The zero-order valence-electron chi connectivity index (χ0n) is 11.6. The molecule has 0 fully saturated rings. The normalized spacial score (nSPS) is 10.3. The predicted molar refractivity (Wildman–Crippen MR) is 83.2 cm³/mol. The first-order chi connectivity index (χ1) is 9.40. The lowest BCUT2D eigenvalue weighted by Crippen LogP contribution is -2.26. The van der Waals surface area contributed by atoms with E-state index in [0.29, 0.717) is 16.3 Å². The Hall–Kier alpha value is -2.14. The van der Waals surface area contributed by atoms with Gasteiger partial charge >= 0.3 is 0 Å². The molecule has 104 valence electrons. The van der Waals surface area contributed by atoms with Crippen molar-refractivity contribution in [3.8, 4) is 0 Å². The number of hydrogen-bond donors (Lipinski definition) is 1. The molecular formula is C15H16N2O2S. The summed E-state index contributed by atoms with van der Waals surface area (Å²) in [4.78, 5) is 14.3. The van der Waals surface area contributed by atoms with Crippen LogP contribution in [-0.2, 0) is 0 Å². The number of hydrogen-bond acceptors (Lipinski definition) is 3. The smallest absolute Gasteiger partial charge is 0.261 e. The standard InChI is InChI=1S/C15H16N2O2S/c1-9-8-13(10(2)19-9)15(18)17(3)12-6-4-11(5-7-12)14(16)20/h4-8H,1-3H3,(H2,16,20). The molecule has 0 atom stereocenters. The molecule has 0 radical (unpaired) electrons. The number of carbonyl (C=O) groups is 1. The molecule has 0 aliphatic rings. The van der Waals surface area contributed by atoms with Crippen molar-refractivity contribution in [2.45, 2.75) is 13.8 Å². The first-order valence-corrected chi connectivity index (χ1v) is 6.56. The molecule has 0 unspecified atom stereocenters. The minimum absolute atomic E-state index is 0.109. The van der Waals surface area contributed by atoms with Crippen LogP contribution < -0.4 is 10.6 Å². The summed E-state index contributed by atoms with van der Waals surface area (Å²) in [6.45, 7) is 3.60. The van der Waals surface area contributed by atoms with Gasteiger partial charge in [0.15, 0.2) is 0 Å². The molecule has 1 aromatic carbocycles. The van der Waals surface area contributed by atoms with Gasteiger partial charge in [-0.2, -0.15) is 0 Å². The molecule has 20 heavy (non-hydrogen) atoms. The van der Waals surface area contributed by atoms with Gasteiger partial charge in [-0.05, 0) is 44.2 Å². The Labute approximate surface area is 123 Å². The highest BCUT2D eigenvalue weighted by molar-refractivity contribution is 7.80. The van der Waals surface area contributed by atoms with E-state index in [1.165, 1.54) is 0 Å². The van der Waals surface area contributed by atoms with Gasteiger partial charge in [-0.25, -0.2) is 0 Å². The van der Waals surface area contributed by atoms with Crippen LogP contribution in [0.5, 0.6) is 0 Å². The topological polar surface area (TPSA) is 59.5 Å². The molecule has 0 saturated heterocycles. The van der Waals surface area contributed by atoms with E-state index in [2.05, 4.69) is 0 Å². The molecule has 1 aromatic heterocycles. The largest absolute Gasteiger partial charge is 0.466 e. The van der Waals surface area contributed by atoms with Crippen LogP contribution in [0.3, 0.4) is 0 Å². The Kier molecular flexibility index (Phi) is 3.90. The van der Waals surface area contributed by atoms with Gasteiger partial charge in [0.25, 0.3) is 5.91 Å². The van der Waals surface area contributed by atoms with Crippen molar-refractivity contribution in [2.24, 2.45) is 5.73 Å². The number of aryl methyl sites for hydroxylation is 2. The Morgan fingerprint density at radius 2 is 1.85 bits per heavy atom. The maximum Gasteiger partial charge on any atom is 0.261 e. The Balaban J connectivity index is 2.26. The second-order valence-corrected chi connectivity index (χ2v) is 5.04. The molecular weight excluding hydrogens is 272 g/mol. The first-order valence-electron chi connectivity index (χ1n) is 6.15. The molecule has 4 nitrogen and oxygen atoms in total. The van der Waals surface area contributed by atoms with E-state index in [1.54, 1.807) is 37.1 Å². The lowest BCUT2D eigenvalue weighted by molar-refractivity contribution is 0.0991. The van der Waals surface area contributed by atoms with Gasteiger partial charge in [0.2, 0.25) is 0 Å². The van der Waals surface area contributed by atoms with Crippen molar-refractivity contribution in [1.29, 1.82) is 0 Å². The summed E-state index contributed by atoms with van der Waals surface area (Å²) in [5, 5.41) is 0. The first kappa shape index (κ1) is 14.3. The van der Waals surface area contributed by atoms with Crippen LogP contribution in [0.1, 0.15) is 27.4 Å². The highest BCUT2D eigenvalue weighted by atomic mass is 32.1. The van der Waals surface area contributed by atoms with E-state index in [4.69, 9.17) is 22.4 Å². The number of benzene rings is 1. The average Bonchev–Trinajstić information content (AvgIpc) is 2.76. The SMILES string of the molecule is Cc1cc(C(=O)N(C)c2ccc(C(N)=S)cc2)c(C)o1. The zero-order valence-corrected chi connectivity index (χ0v) is 12.5. The summed E-state index contributed by atoms with van der Waals surface area (Å²) in [5.41, 5.74) is 7.67. The molecule has 2 N–H and O–H groups in total. The van der Waals surface area contributed by atoms with Gasteiger partial charge in [-0.15, -0.1) is 0 Å². The van der Waals surface area contributed by atoms with Crippen molar-refractivity contribution in [3.05, 3.63) is 53.0 Å². The highest BCUT2D eigenvalue weighted by Gasteiger charge is 2.18. The van der Waals surface area contributed by atoms with Gasteiger partial charge in [0.1, 0.15) is 16.5 Å². The van der Waals surface area contributed by atoms with Gasteiger partial charge in [0.05, 0.1) is 5.56 Å². The second-order valence-electron chi connectivity index (χ2n) is 4.60. The maximum absolute atomic E-state index is 12.4. The van der Waals surface area contributed by atoms with Crippen LogP contribution >= 0.6 is 12.2 Å². The Morgan fingerprint density at radius 1 is 1.25 bits per heavy atom. The lowest BCUT2D eigenvalue weighted by atomic mass is 10.1. The third kappa shape index (κ3) is 2.72. The molecule has 0 aliphatic carbocycles. The fourth-order valence-electron chi connectivity index (χ4n) is 1.99. The highest BCUT2D eigenvalue weighted by Crippen LogP contribution is 2.20. The number of thiocarbonyl (C=S) groups is 1. The summed E-state index contributed by atoms with van der Waals surface area (Å²) in [6.07, 6.45) is 0. The average molecular weight is 288 g/mol. The number of furan rings is 1. The van der Waals surface area contributed by atoms with Crippen molar-refractivity contribution in [1.82, 2.24) is 0 Å². The molecule has 1 heterocycles. The van der Waals surface area contributed by atoms with Crippen LogP contribution in [0.2, 0.25) is 0 Å². The molecule has 2 aromatic rings. The molecule has 5 heteroatoms. The molecule has 0 aliphatic heterocycles. The fraction of sp³-hybridized carbons (Fsp3) is 0.200. The number of nitrogens with two attached hydrogens (primary N) is 1. The molecule has 0 spiro atoms. The van der Waals surface area contributed by atoms with Crippen molar-refractivity contribution < 1.29 is 9.21 Å². The number of rotatable bonds is 3. The third-order valence-corrected chi connectivity index (χ3v) is 3.35. The van der Waals surface area contributed by atoms with E-state index in [9.17, 15) is 4.79 Å². The molecule has 1 amide bonds. The number of amides is 1. The molecule has 0 saturated carbocycles. The summed E-state index contributed by atoms with van der Waals surface area (Å²) in [7, 11) is 1.72. The third-order valence-electron chi connectivity index (χ3n) is 3.12. The van der Waals surface area contributed by atoms with Gasteiger partial charge in [-0.1, -0.05) is 12.2 Å². The van der Waals surface area contributed by atoms with Crippen LogP contribution in [-0.4, -0.2) is 17.9 Å². The van der Waals surface area contributed by atoms with Gasteiger partial charge < -0.3 is 15.1 Å². The number of nitrogens with zero attached hydrogens (tertiary/aromatic N) is 1. The van der Waals surface area contributed by atoms with Crippen molar-refractivity contribution >= 4 is 28.8 Å². The second kappa shape index (κ2) is 5.46. The monoisotopic (exact) mass is 288 g/mol. The van der Waals surface area contributed by atoms with Crippen LogP contribution in [0.25, 0.3) is 0 Å². The van der Waals surface area contributed by atoms with E-state index in [0.717, 1.165) is 17.0 Å². The van der Waals surface area contributed by atoms with Crippen LogP contribution in [0.15, 0.2) is 34.7 Å². The van der Waals surface area contributed by atoms with E-state index >= 15 is 0 Å². The predicted octanol–water partition coefficient (Wildman–Crippen LogP) is 2.81. The van der Waals surface area contributed by atoms with Crippen LogP contribution in [0, 0.1) is 13.8 Å². The fourth-order valence-corrected chi connectivity index (χ4v) is 2.13. The minimum Gasteiger partial charge on any atom is -0.466 e. The van der Waals surface area contributed by atoms with Crippen LogP contribution in [0.4, 0.5) is 5.69 Å². The van der Waals surface area contributed by atoms with Gasteiger partial charge in [-0.3, -0.25) is 4.79 Å². The number of carbonyl (C=O) groups excluding carboxylic acids is 1. The summed E-state index contributed by atoms with van der Waals surface area (Å²) >= 11 is 4.90. The minimum atomic E-state index is -0.109. The van der Waals surface area contributed by atoms with Crippen molar-refractivity contribution in [2.75, 3.05) is 11.9 Å². The Bertz CT molecular complexity index is 659. The summed E-state index contributed by atoms with van der Waals surface area (Å²) in [6, 6.07) is 8.98. The van der Waals surface area contributed by atoms with E-state index in [1.807, 2.05) is 19.1 Å². The molecule has 0 bridgehead atoms. The van der Waals surface area contributed by atoms with Gasteiger partial charge in [0, 0.05) is 18.3 Å². The summed E-state index contributed by atoms with van der Waals surface area (Å²) in [5.74, 6) is 1.24. The van der Waals surface area contributed by atoms with Crippen molar-refractivity contribution in [3.63, 3.8) is 0 Å².